The molecule has 158 valence electrons. The van der Waals surface area contributed by atoms with E-state index >= 15 is 0 Å². The second-order valence-electron chi connectivity index (χ2n) is 7.64. The van der Waals surface area contributed by atoms with E-state index in [0.29, 0.717) is 23.2 Å². The number of benzene rings is 3. The van der Waals surface area contributed by atoms with E-state index in [1.807, 2.05) is 24.3 Å². The van der Waals surface area contributed by atoms with Crippen LogP contribution >= 0.6 is 11.3 Å². The number of hydrogen-bond acceptors (Lipinski definition) is 6. The summed E-state index contributed by atoms with van der Waals surface area (Å²) >= 11 is 1.69. The van der Waals surface area contributed by atoms with Crippen molar-refractivity contribution in [2.45, 2.75) is 13.0 Å². The predicted octanol–water partition coefficient (Wildman–Crippen LogP) is 5.42. The van der Waals surface area contributed by atoms with Crippen molar-refractivity contribution in [3.05, 3.63) is 88.5 Å². The maximum Gasteiger partial charge on any atom is 0.337 e. The number of phenols is 1. The van der Waals surface area contributed by atoms with Crippen LogP contribution in [0.3, 0.4) is 0 Å². The lowest BCUT2D eigenvalue weighted by Crippen LogP contribution is -2.08. The molecule has 0 fully saturated rings. The monoisotopic (exact) mass is 441 g/mol. The highest BCUT2D eigenvalue weighted by Crippen LogP contribution is 2.38. The van der Waals surface area contributed by atoms with Gasteiger partial charge in [-0.2, -0.15) is 0 Å². The number of methoxy groups -OCH3 is 1. The summed E-state index contributed by atoms with van der Waals surface area (Å²) in [5, 5.41) is 11.4. The highest BCUT2D eigenvalue weighted by molar-refractivity contribution is 7.22. The Labute approximate surface area is 188 Å². The van der Waals surface area contributed by atoms with Crippen LogP contribution < -0.4 is 0 Å². The van der Waals surface area contributed by atoms with Gasteiger partial charge in [0.1, 0.15) is 5.75 Å². The van der Waals surface area contributed by atoms with E-state index in [0.717, 1.165) is 21.6 Å². The van der Waals surface area contributed by atoms with Crippen LogP contribution in [0.2, 0.25) is 0 Å². The van der Waals surface area contributed by atoms with E-state index in [-0.39, 0.29) is 18.0 Å². The summed E-state index contributed by atoms with van der Waals surface area (Å²) < 4.78 is 5.93. The maximum absolute atomic E-state index is 13.2. The molecule has 0 bridgehead atoms. The van der Waals surface area contributed by atoms with E-state index in [9.17, 15) is 14.7 Å². The summed E-state index contributed by atoms with van der Waals surface area (Å²) in [6.45, 7) is 0.593. The van der Waals surface area contributed by atoms with Crippen molar-refractivity contribution in [1.29, 1.82) is 0 Å². The highest BCUT2D eigenvalue weighted by atomic mass is 32.1. The van der Waals surface area contributed by atoms with Gasteiger partial charge in [0.25, 0.3) is 0 Å². The van der Waals surface area contributed by atoms with E-state index < -0.39 is 5.97 Å². The van der Waals surface area contributed by atoms with E-state index in [2.05, 4.69) is 23.2 Å². The van der Waals surface area contributed by atoms with Crippen LogP contribution in [0.5, 0.6) is 5.75 Å². The number of fused-ring (bicyclic) bond motifs is 2. The fourth-order valence-corrected chi connectivity index (χ4v) is 5.07. The number of phenolic OH excluding ortho intramolecular Hbond substituents is 1. The molecule has 1 N–H and O–H groups in total. The topological polar surface area (TPSA) is 76.0 Å². The van der Waals surface area contributed by atoms with Gasteiger partial charge in [-0.3, -0.25) is 9.79 Å². The second-order valence-corrected chi connectivity index (χ2v) is 8.73. The van der Waals surface area contributed by atoms with Crippen molar-refractivity contribution in [2.75, 3.05) is 7.11 Å². The maximum atomic E-state index is 13.2. The Morgan fingerprint density at radius 2 is 1.91 bits per heavy atom. The van der Waals surface area contributed by atoms with Gasteiger partial charge in [-0.1, -0.05) is 18.2 Å². The number of carbonyl (C=O) groups excluding carboxylic acids is 2. The zero-order valence-electron chi connectivity index (χ0n) is 17.3. The van der Waals surface area contributed by atoms with Crippen molar-refractivity contribution < 1.29 is 19.4 Å². The molecule has 4 aromatic rings. The summed E-state index contributed by atoms with van der Waals surface area (Å²) in [5.74, 6) is -0.689. The minimum absolute atomic E-state index is 0.0292. The quantitative estimate of drug-likeness (QED) is 0.331. The lowest BCUT2D eigenvalue weighted by Gasteiger charge is -2.11. The van der Waals surface area contributed by atoms with Crippen LogP contribution in [-0.2, 0) is 17.7 Å². The number of nitrogens with zero attached hydrogens (tertiary/aromatic N) is 1. The third-order valence-corrected chi connectivity index (χ3v) is 6.78. The molecule has 0 unspecified atom stereocenters. The Bertz CT molecular complexity index is 1380. The molecule has 0 spiro atoms. The van der Waals surface area contributed by atoms with Gasteiger partial charge in [-0.05, 0) is 64.5 Å². The molecule has 1 aliphatic heterocycles. The van der Waals surface area contributed by atoms with Gasteiger partial charge in [0.2, 0.25) is 0 Å². The smallest absolute Gasteiger partial charge is 0.337 e. The van der Waals surface area contributed by atoms with Crippen LogP contribution in [0.4, 0.5) is 0 Å². The molecule has 2 heterocycles. The molecule has 1 aromatic heterocycles. The number of aliphatic imine (C=N–C) groups is 1. The SMILES string of the molecule is COC(=O)c1ccc(O)c(CC(=O)c2cc3c(c(-c4cc5ccccc5s4)c2)CN=C3)c1. The average Bonchev–Trinajstić information content (AvgIpc) is 3.46. The Hall–Kier alpha value is -3.77. The molecule has 0 aliphatic carbocycles. The van der Waals surface area contributed by atoms with E-state index in [1.54, 1.807) is 17.6 Å². The van der Waals surface area contributed by atoms with Crippen LogP contribution in [0.15, 0.2) is 65.7 Å². The summed E-state index contributed by atoms with van der Waals surface area (Å²) in [5.41, 5.74) is 4.29. The standard InChI is InChI=1S/C26H19NO4S/c1-31-26(30)16-6-7-22(28)18(8-16)11-23(29)17-9-19-13-27-14-21(19)20(10-17)25-12-15-4-2-3-5-24(15)32-25/h2-10,12-13,28H,11,14H2,1H3. The normalized spacial score (nSPS) is 12.2. The number of rotatable bonds is 5. The van der Waals surface area contributed by atoms with Crippen LogP contribution in [0.1, 0.15) is 37.4 Å². The lowest BCUT2D eigenvalue weighted by atomic mass is 9.94. The Morgan fingerprint density at radius 3 is 2.72 bits per heavy atom. The molecule has 5 rings (SSSR count). The summed E-state index contributed by atoms with van der Waals surface area (Å²) in [7, 11) is 1.29. The zero-order valence-corrected chi connectivity index (χ0v) is 18.1. The van der Waals surface area contributed by atoms with Gasteiger partial charge < -0.3 is 9.84 Å². The van der Waals surface area contributed by atoms with Crippen molar-refractivity contribution in [3.63, 3.8) is 0 Å². The van der Waals surface area contributed by atoms with Crippen molar-refractivity contribution in [1.82, 2.24) is 0 Å². The first-order valence-electron chi connectivity index (χ1n) is 10.1. The molecule has 6 heteroatoms. The summed E-state index contributed by atoms with van der Waals surface area (Å²) in [6, 6.07) is 18.5. The molecular formula is C26H19NO4S. The molecular weight excluding hydrogens is 422 g/mol. The van der Waals surface area contributed by atoms with Crippen LogP contribution in [0, 0.1) is 0 Å². The molecule has 0 amide bonds. The van der Waals surface area contributed by atoms with Crippen molar-refractivity contribution in [2.24, 2.45) is 4.99 Å². The van der Waals surface area contributed by atoms with Crippen LogP contribution in [-0.4, -0.2) is 30.2 Å². The van der Waals surface area contributed by atoms with E-state index in [1.165, 1.54) is 35.4 Å². The van der Waals surface area contributed by atoms with Crippen LogP contribution in [0.25, 0.3) is 20.5 Å². The Morgan fingerprint density at radius 1 is 1.06 bits per heavy atom. The second kappa shape index (κ2) is 8.05. The minimum atomic E-state index is -0.514. The molecule has 3 aromatic carbocycles. The van der Waals surface area contributed by atoms with Gasteiger partial charge in [0, 0.05) is 33.3 Å². The highest BCUT2D eigenvalue weighted by Gasteiger charge is 2.20. The lowest BCUT2D eigenvalue weighted by molar-refractivity contribution is 0.0600. The molecule has 0 saturated carbocycles. The molecule has 1 aliphatic rings. The number of aromatic hydroxyl groups is 1. The molecule has 0 radical (unpaired) electrons. The number of carbonyl (C=O) groups is 2. The van der Waals surface area contributed by atoms with Gasteiger partial charge in [-0.15, -0.1) is 11.3 Å². The first-order chi connectivity index (χ1) is 15.5. The minimum Gasteiger partial charge on any atom is -0.508 e. The van der Waals surface area contributed by atoms with E-state index in [4.69, 9.17) is 4.74 Å². The third-order valence-electron chi connectivity index (χ3n) is 5.63. The average molecular weight is 442 g/mol. The molecule has 32 heavy (non-hydrogen) atoms. The van der Waals surface area contributed by atoms with Crippen molar-refractivity contribution in [3.8, 4) is 16.2 Å². The fraction of sp³-hybridized carbons (Fsp3) is 0.115. The first-order valence-corrected chi connectivity index (χ1v) is 10.9. The largest absolute Gasteiger partial charge is 0.508 e. The zero-order chi connectivity index (χ0) is 22.2. The number of hydrogen-bond donors (Lipinski definition) is 1. The summed E-state index contributed by atoms with van der Waals surface area (Å²) in [4.78, 5) is 30.5. The Kier molecular flexibility index (Phi) is 5.07. The first kappa shape index (κ1) is 20.2. The van der Waals surface area contributed by atoms with Gasteiger partial charge in [-0.25, -0.2) is 4.79 Å². The predicted molar refractivity (Wildman–Crippen MR) is 126 cm³/mol. The van der Waals surface area contributed by atoms with Gasteiger partial charge in [0.05, 0.1) is 19.2 Å². The number of thiophene rings is 1. The summed E-state index contributed by atoms with van der Waals surface area (Å²) in [6.07, 6.45) is 1.77. The number of esters is 1. The molecule has 0 atom stereocenters. The molecule has 5 nitrogen and oxygen atoms in total. The Balaban J connectivity index is 1.53. The molecule has 0 saturated heterocycles. The third kappa shape index (κ3) is 3.59. The van der Waals surface area contributed by atoms with Gasteiger partial charge in [0.15, 0.2) is 5.78 Å². The number of Topliss-reactive ketones (excluding diaryl/α,β-unsaturated/α-hetero) is 1. The number of ether oxygens (including phenoxy) is 1. The van der Waals surface area contributed by atoms with Crippen molar-refractivity contribution >= 4 is 39.4 Å². The fourth-order valence-electron chi connectivity index (χ4n) is 3.96. The van der Waals surface area contributed by atoms with Gasteiger partial charge >= 0.3 is 5.97 Å². The number of ketones is 1.